The van der Waals surface area contributed by atoms with Crippen LogP contribution in [0.3, 0.4) is 0 Å². The number of benzene rings is 3. The molecule has 2 aliphatic heterocycles. The van der Waals surface area contributed by atoms with Gasteiger partial charge in [-0.05, 0) is 23.6 Å². The van der Waals surface area contributed by atoms with Crippen molar-refractivity contribution in [3.63, 3.8) is 0 Å². The molecule has 5 rings (SSSR count). The van der Waals surface area contributed by atoms with E-state index < -0.39 is 0 Å². The van der Waals surface area contributed by atoms with E-state index in [0.29, 0.717) is 26.4 Å². The van der Waals surface area contributed by atoms with Crippen molar-refractivity contribution in [1.82, 2.24) is 0 Å². The fourth-order valence-electron chi connectivity index (χ4n) is 4.46. The van der Waals surface area contributed by atoms with E-state index >= 15 is 0 Å². The molecule has 0 radical (unpaired) electrons. The number of thioether (sulfide) groups is 1. The zero-order chi connectivity index (χ0) is 23.9. The Morgan fingerprint density at radius 2 is 1.23 bits per heavy atom. The second-order valence-corrected chi connectivity index (χ2v) is 10.1. The van der Waals surface area contributed by atoms with Crippen molar-refractivity contribution in [2.45, 2.75) is 56.5 Å². The summed E-state index contributed by atoms with van der Waals surface area (Å²) in [4.78, 5) is 4.88. The van der Waals surface area contributed by atoms with Crippen LogP contribution in [0.2, 0.25) is 0 Å². The minimum absolute atomic E-state index is 0.0994. The Bertz CT molecular complexity index is 1080. The van der Waals surface area contributed by atoms with Gasteiger partial charge in [-0.25, -0.2) is 0 Å². The van der Waals surface area contributed by atoms with Gasteiger partial charge in [-0.2, -0.15) is 0 Å². The van der Waals surface area contributed by atoms with E-state index in [0.717, 1.165) is 21.7 Å². The molecule has 5 atom stereocenters. The highest BCUT2D eigenvalue weighted by Gasteiger charge is 2.50. The molecule has 35 heavy (non-hydrogen) atoms. The Morgan fingerprint density at radius 3 is 1.80 bits per heavy atom. The maximum absolute atomic E-state index is 6.55. The molecule has 1 fully saturated rings. The first-order valence-corrected chi connectivity index (χ1v) is 12.9. The molecule has 0 N–H and O–H groups in total. The van der Waals surface area contributed by atoms with Crippen molar-refractivity contribution < 1.29 is 18.9 Å². The second-order valence-electron chi connectivity index (χ2n) is 8.82. The lowest BCUT2D eigenvalue weighted by Gasteiger charge is -2.42. The highest BCUT2D eigenvalue weighted by molar-refractivity contribution is 8.14. The van der Waals surface area contributed by atoms with Gasteiger partial charge in [-0.3, -0.25) is 4.99 Å². The van der Waals surface area contributed by atoms with Crippen LogP contribution in [-0.2, 0) is 38.8 Å². The topological polar surface area (TPSA) is 49.3 Å². The Kier molecular flexibility index (Phi) is 8.29. The fourth-order valence-corrected chi connectivity index (χ4v) is 5.53. The van der Waals surface area contributed by atoms with Gasteiger partial charge >= 0.3 is 0 Å². The Morgan fingerprint density at radius 1 is 0.714 bits per heavy atom. The van der Waals surface area contributed by atoms with E-state index in [4.69, 9.17) is 23.9 Å². The van der Waals surface area contributed by atoms with Crippen molar-refractivity contribution in [3.05, 3.63) is 108 Å². The van der Waals surface area contributed by atoms with Crippen LogP contribution in [0.4, 0.5) is 0 Å². The van der Waals surface area contributed by atoms with Gasteiger partial charge in [0.15, 0.2) is 0 Å². The average Bonchev–Trinajstić information content (AvgIpc) is 3.28. The van der Waals surface area contributed by atoms with Crippen molar-refractivity contribution in [3.8, 4) is 0 Å². The largest absolute Gasteiger partial charge is 0.374 e. The third kappa shape index (κ3) is 6.40. The summed E-state index contributed by atoms with van der Waals surface area (Å²) in [5.74, 6) is 0. The van der Waals surface area contributed by atoms with Gasteiger partial charge in [0.2, 0.25) is 0 Å². The van der Waals surface area contributed by atoms with Gasteiger partial charge in [-0.1, -0.05) is 103 Å². The van der Waals surface area contributed by atoms with Crippen LogP contribution in [0.15, 0.2) is 96.0 Å². The lowest BCUT2D eigenvalue weighted by molar-refractivity contribution is -0.210. The van der Waals surface area contributed by atoms with Crippen LogP contribution in [0, 0.1) is 0 Å². The zero-order valence-electron chi connectivity index (χ0n) is 19.9. The summed E-state index contributed by atoms with van der Waals surface area (Å²) in [6.45, 7) is 3.95. The van der Waals surface area contributed by atoms with Crippen LogP contribution >= 0.6 is 11.8 Å². The first kappa shape index (κ1) is 24.2. The predicted octanol–water partition coefficient (Wildman–Crippen LogP) is 5.63. The summed E-state index contributed by atoms with van der Waals surface area (Å²) in [5, 5.41) is 1.01. The summed E-state index contributed by atoms with van der Waals surface area (Å²) in [7, 11) is 0. The standard InChI is InChI=1S/C29H31NO4S/c1-21-30-26-28(33-19-24-15-9-4-10-16-24)27(32-18-23-13-7-3-8-14-23)25(34-29(26)35-21)20-31-17-22-11-5-2-6-12-22/h2-16,25-29H,17-20H2,1H3/t25-,26?,27-,28-,29?/m1/s1. The molecule has 2 heterocycles. The second kappa shape index (κ2) is 12.0. The molecule has 3 aromatic carbocycles. The molecule has 6 heteroatoms. The normalized spacial score (nSPS) is 25.7. The number of hydrogen-bond acceptors (Lipinski definition) is 6. The van der Waals surface area contributed by atoms with Crippen molar-refractivity contribution >= 4 is 16.8 Å². The number of rotatable bonds is 10. The number of hydrogen-bond donors (Lipinski definition) is 0. The van der Waals surface area contributed by atoms with E-state index in [1.54, 1.807) is 11.8 Å². The molecule has 0 amide bonds. The molecule has 3 aromatic rings. The first-order valence-electron chi connectivity index (χ1n) is 12.1. The zero-order valence-corrected chi connectivity index (χ0v) is 20.7. The Hall–Kier alpha value is -2.48. The Labute approximate surface area is 211 Å². The van der Waals surface area contributed by atoms with Crippen molar-refractivity contribution in [2.75, 3.05) is 6.61 Å². The molecule has 182 valence electrons. The summed E-state index contributed by atoms with van der Waals surface area (Å²) in [6, 6.07) is 30.5. The molecule has 0 saturated carbocycles. The molecule has 2 aliphatic rings. The van der Waals surface area contributed by atoms with E-state index in [1.165, 1.54) is 0 Å². The molecular weight excluding hydrogens is 458 g/mol. The van der Waals surface area contributed by atoms with Gasteiger partial charge in [0.25, 0.3) is 0 Å². The number of aliphatic imine (C=N–C) groups is 1. The lowest BCUT2D eigenvalue weighted by atomic mass is 9.97. The SMILES string of the molecule is CC1=NC2C(O[C@H](COCc3ccccc3)[C@@H](OCc3ccccc3)[C@@H]2OCc2ccccc2)S1. The third-order valence-corrected chi connectivity index (χ3v) is 7.27. The fraction of sp³-hybridized carbons (Fsp3) is 0.345. The van der Waals surface area contributed by atoms with Crippen molar-refractivity contribution in [1.29, 1.82) is 0 Å². The quantitative estimate of drug-likeness (QED) is 0.369. The summed E-state index contributed by atoms with van der Waals surface area (Å²) in [6.07, 6.45) is -0.822. The van der Waals surface area contributed by atoms with Gasteiger partial charge in [0.05, 0.1) is 31.5 Å². The third-order valence-electron chi connectivity index (χ3n) is 6.20. The summed E-state index contributed by atoms with van der Waals surface area (Å²) >= 11 is 1.66. The molecule has 0 spiro atoms. The van der Waals surface area contributed by atoms with E-state index in [9.17, 15) is 0 Å². The highest BCUT2D eigenvalue weighted by atomic mass is 32.2. The average molecular weight is 490 g/mol. The first-order chi connectivity index (χ1) is 17.3. The van der Waals surface area contributed by atoms with Gasteiger partial charge in [-0.15, -0.1) is 0 Å². The minimum atomic E-state index is -0.314. The lowest BCUT2D eigenvalue weighted by Crippen LogP contribution is -2.58. The molecular formula is C29H31NO4S. The number of fused-ring (bicyclic) bond motifs is 1. The molecule has 1 saturated heterocycles. The smallest absolute Gasteiger partial charge is 0.134 e. The molecule has 5 nitrogen and oxygen atoms in total. The van der Waals surface area contributed by atoms with E-state index in [2.05, 4.69) is 36.4 Å². The summed E-state index contributed by atoms with van der Waals surface area (Å²) < 4.78 is 25.7. The van der Waals surface area contributed by atoms with Crippen LogP contribution in [0.5, 0.6) is 0 Å². The van der Waals surface area contributed by atoms with E-state index in [-0.39, 0.29) is 29.8 Å². The molecule has 0 bridgehead atoms. The summed E-state index contributed by atoms with van der Waals surface area (Å²) in [5.41, 5.74) is 3.27. The number of ether oxygens (including phenoxy) is 4. The van der Waals surface area contributed by atoms with E-state index in [1.807, 2.05) is 61.5 Å². The van der Waals surface area contributed by atoms with Gasteiger partial charge in [0.1, 0.15) is 29.8 Å². The van der Waals surface area contributed by atoms with Crippen LogP contribution in [0.25, 0.3) is 0 Å². The number of nitrogens with zero attached hydrogens (tertiary/aromatic N) is 1. The molecule has 2 unspecified atom stereocenters. The van der Waals surface area contributed by atoms with Crippen molar-refractivity contribution in [2.24, 2.45) is 4.99 Å². The Balaban J connectivity index is 1.34. The minimum Gasteiger partial charge on any atom is -0.374 e. The maximum atomic E-state index is 6.55. The molecule has 0 aromatic heterocycles. The predicted molar refractivity (Wildman–Crippen MR) is 139 cm³/mol. The van der Waals surface area contributed by atoms with Crippen LogP contribution < -0.4 is 0 Å². The highest BCUT2D eigenvalue weighted by Crippen LogP contribution is 2.39. The molecule has 0 aliphatic carbocycles. The van der Waals surface area contributed by atoms with Gasteiger partial charge in [0, 0.05) is 0 Å². The maximum Gasteiger partial charge on any atom is 0.134 e. The van der Waals surface area contributed by atoms with Gasteiger partial charge < -0.3 is 18.9 Å². The van der Waals surface area contributed by atoms with Crippen LogP contribution in [0.1, 0.15) is 23.6 Å². The monoisotopic (exact) mass is 489 g/mol. The van der Waals surface area contributed by atoms with Crippen LogP contribution in [-0.4, -0.2) is 41.4 Å².